The van der Waals surface area contributed by atoms with Crippen molar-refractivity contribution >= 4 is 0 Å². The van der Waals surface area contributed by atoms with Crippen LogP contribution in [0.4, 0.5) is 0 Å². The molecule has 0 fully saturated rings. The summed E-state index contributed by atoms with van der Waals surface area (Å²) < 4.78 is 0. The summed E-state index contributed by atoms with van der Waals surface area (Å²) in [6, 6.07) is 4.87. The molecular weight excluding hydrogens is 196 g/mol. The number of hydrogen-bond acceptors (Lipinski definition) is 2. The fourth-order valence-electron chi connectivity index (χ4n) is 1.89. The van der Waals surface area contributed by atoms with Crippen LogP contribution in [0.3, 0.4) is 0 Å². The van der Waals surface area contributed by atoms with Crippen molar-refractivity contribution in [1.29, 1.82) is 0 Å². The van der Waals surface area contributed by atoms with Gasteiger partial charge in [-0.15, -0.1) is 0 Å². The SMILES string of the molecule is CCCCC(Cc1ccc(C)cn1)NCC. The van der Waals surface area contributed by atoms with Crippen LogP contribution in [0.5, 0.6) is 0 Å². The quantitative estimate of drug-likeness (QED) is 0.763. The van der Waals surface area contributed by atoms with Gasteiger partial charge in [-0.2, -0.15) is 0 Å². The van der Waals surface area contributed by atoms with Gasteiger partial charge in [0.25, 0.3) is 0 Å². The molecule has 0 aliphatic rings. The number of nitrogens with zero attached hydrogens (tertiary/aromatic N) is 1. The molecule has 0 radical (unpaired) electrons. The molecule has 16 heavy (non-hydrogen) atoms. The van der Waals surface area contributed by atoms with Crippen molar-refractivity contribution in [2.75, 3.05) is 6.54 Å². The molecule has 90 valence electrons. The lowest BCUT2D eigenvalue weighted by molar-refractivity contribution is 0.470. The number of pyridine rings is 1. The first-order valence-corrected chi connectivity index (χ1v) is 6.41. The molecule has 1 aromatic heterocycles. The van der Waals surface area contributed by atoms with E-state index in [0.29, 0.717) is 6.04 Å². The monoisotopic (exact) mass is 220 g/mol. The highest BCUT2D eigenvalue weighted by Crippen LogP contribution is 2.07. The summed E-state index contributed by atoms with van der Waals surface area (Å²) in [4.78, 5) is 4.47. The molecule has 2 heteroatoms. The minimum atomic E-state index is 0.583. The van der Waals surface area contributed by atoms with Gasteiger partial charge in [0.15, 0.2) is 0 Å². The maximum Gasteiger partial charge on any atom is 0.0419 e. The smallest absolute Gasteiger partial charge is 0.0419 e. The van der Waals surface area contributed by atoms with Crippen molar-refractivity contribution in [2.24, 2.45) is 0 Å². The van der Waals surface area contributed by atoms with Crippen LogP contribution in [0.15, 0.2) is 18.3 Å². The zero-order valence-corrected chi connectivity index (χ0v) is 10.8. The van der Waals surface area contributed by atoms with Crippen molar-refractivity contribution in [3.8, 4) is 0 Å². The number of nitrogens with one attached hydrogen (secondary N) is 1. The van der Waals surface area contributed by atoms with Crippen molar-refractivity contribution in [3.63, 3.8) is 0 Å². The Morgan fingerprint density at radius 2 is 2.12 bits per heavy atom. The predicted octanol–water partition coefficient (Wildman–Crippen LogP) is 3.10. The Labute approximate surface area is 99.5 Å². The van der Waals surface area contributed by atoms with Crippen LogP contribution >= 0.6 is 0 Å². The first kappa shape index (κ1) is 13.2. The average Bonchev–Trinajstić information content (AvgIpc) is 2.29. The van der Waals surface area contributed by atoms with Crippen LogP contribution in [0, 0.1) is 6.92 Å². The van der Waals surface area contributed by atoms with Crippen molar-refractivity contribution in [1.82, 2.24) is 10.3 Å². The highest BCUT2D eigenvalue weighted by atomic mass is 14.9. The van der Waals surface area contributed by atoms with Gasteiger partial charge in [-0.05, 0) is 31.5 Å². The van der Waals surface area contributed by atoms with E-state index < -0.39 is 0 Å². The normalized spacial score (nSPS) is 12.7. The van der Waals surface area contributed by atoms with E-state index in [1.54, 1.807) is 0 Å². The molecular formula is C14H24N2. The fourth-order valence-corrected chi connectivity index (χ4v) is 1.89. The summed E-state index contributed by atoms with van der Waals surface area (Å²) in [5, 5.41) is 3.54. The lowest BCUT2D eigenvalue weighted by Crippen LogP contribution is -2.31. The Bertz CT molecular complexity index is 279. The number of rotatable bonds is 7. The van der Waals surface area contributed by atoms with Gasteiger partial charge in [-0.3, -0.25) is 4.98 Å². The van der Waals surface area contributed by atoms with Gasteiger partial charge in [0.1, 0.15) is 0 Å². The minimum Gasteiger partial charge on any atom is -0.314 e. The Kier molecular flexibility index (Phi) is 6.09. The summed E-state index contributed by atoms with van der Waals surface area (Å²) in [6.07, 6.45) is 6.82. The largest absolute Gasteiger partial charge is 0.314 e. The van der Waals surface area contributed by atoms with Gasteiger partial charge in [-0.1, -0.05) is 32.8 Å². The Balaban J connectivity index is 2.49. The summed E-state index contributed by atoms with van der Waals surface area (Å²) in [6.45, 7) is 7.53. The Hall–Kier alpha value is -0.890. The second-order valence-corrected chi connectivity index (χ2v) is 4.43. The Morgan fingerprint density at radius 3 is 2.69 bits per heavy atom. The first-order chi connectivity index (χ1) is 7.76. The Morgan fingerprint density at radius 1 is 1.31 bits per heavy atom. The van der Waals surface area contributed by atoms with Crippen LogP contribution < -0.4 is 5.32 Å². The number of aryl methyl sites for hydroxylation is 1. The third-order valence-electron chi connectivity index (χ3n) is 2.83. The zero-order chi connectivity index (χ0) is 11.8. The van der Waals surface area contributed by atoms with Crippen LogP contribution in [0.1, 0.15) is 44.4 Å². The molecule has 1 heterocycles. The molecule has 0 aromatic carbocycles. The molecule has 1 N–H and O–H groups in total. The van der Waals surface area contributed by atoms with E-state index in [-0.39, 0.29) is 0 Å². The molecule has 1 unspecified atom stereocenters. The molecule has 1 aromatic rings. The van der Waals surface area contributed by atoms with Gasteiger partial charge >= 0.3 is 0 Å². The van der Waals surface area contributed by atoms with Gasteiger partial charge in [0.2, 0.25) is 0 Å². The third kappa shape index (κ3) is 4.75. The molecule has 1 rings (SSSR count). The van der Waals surface area contributed by atoms with Crippen LogP contribution in [0.2, 0.25) is 0 Å². The maximum absolute atomic E-state index is 4.47. The molecule has 1 atom stereocenters. The van der Waals surface area contributed by atoms with E-state index in [0.717, 1.165) is 13.0 Å². The molecule has 0 saturated heterocycles. The van der Waals surface area contributed by atoms with Gasteiger partial charge in [0, 0.05) is 24.4 Å². The van der Waals surface area contributed by atoms with Crippen LogP contribution in [-0.4, -0.2) is 17.6 Å². The zero-order valence-electron chi connectivity index (χ0n) is 10.8. The maximum atomic E-state index is 4.47. The van der Waals surface area contributed by atoms with E-state index >= 15 is 0 Å². The topological polar surface area (TPSA) is 24.9 Å². The predicted molar refractivity (Wildman–Crippen MR) is 69.7 cm³/mol. The first-order valence-electron chi connectivity index (χ1n) is 6.41. The fraction of sp³-hybridized carbons (Fsp3) is 0.643. The van der Waals surface area contributed by atoms with Crippen molar-refractivity contribution in [3.05, 3.63) is 29.6 Å². The second-order valence-electron chi connectivity index (χ2n) is 4.43. The van der Waals surface area contributed by atoms with Crippen LogP contribution in [0.25, 0.3) is 0 Å². The van der Waals surface area contributed by atoms with Gasteiger partial charge in [-0.25, -0.2) is 0 Å². The van der Waals surface area contributed by atoms with Crippen molar-refractivity contribution in [2.45, 2.75) is 52.5 Å². The minimum absolute atomic E-state index is 0.583. The average molecular weight is 220 g/mol. The standard InChI is InChI=1S/C14H24N2/c1-4-6-7-13(15-5-2)10-14-9-8-12(3)11-16-14/h8-9,11,13,15H,4-7,10H2,1-3H3. The second kappa shape index (κ2) is 7.39. The number of hydrogen-bond donors (Lipinski definition) is 1. The van der Waals surface area contributed by atoms with Crippen molar-refractivity contribution < 1.29 is 0 Å². The molecule has 0 aliphatic carbocycles. The van der Waals surface area contributed by atoms with Gasteiger partial charge < -0.3 is 5.32 Å². The highest BCUT2D eigenvalue weighted by Gasteiger charge is 2.08. The molecule has 0 spiro atoms. The number of aromatic nitrogens is 1. The van der Waals surface area contributed by atoms with E-state index in [4.69, 9.17) is 0 Å². The molecule has 0 bridgehead atoms. The lowest BCUT2D eigenvalue weighted by atomic mass is 10.0. The summed E-state index contributed by atoms with van der Waals surface area (Å²) in [5.74, 6) is 0. The number of unbranched alkanes of at least 4 members (excludes halogenated alkanes) is 1. The number of likely N-dealkylation sites (N-methyl/N-ethyl adjacent to an activating group) is 1. The molecule has 0 amide bonds. The van der Waals surface area contributed by atoms with E-state index in [1.807, 2.05) is 6.20 Å². The molecule has 0 saturated carbocycles. The van der Waals surface area contributed by atoms with E-state index in [9.17, 15) is 0 Å². The summed E-state index contributed by atoms with van der Waals surface area (Å²) in [7, 11) is 0. The summed E-state index contributed by atoms with van der Waals surface area (Å²) in [5.41, 5.74) is 2.44. The van der Waals surface area contributed by atoms with Gasteiger partial charge in [0.05, 0.1) is 0 Å². The third-order valence-corrected chi connectivity index (χ3v) is 2.83. The highest BCUT2D eigenvalue weighted by molar-refractivity contribution is 5.13. The molecule has 2 nitrogen and oxygen atoms in total. The lowest BCUT2D eigenvalue weighted by Gasteiger charge is -2.17. The van der Waals surface area contributed by atoms with E-state index in [2.05, 4.69) is 43.2 Å². The van der Waals surface area contributed by atoms with E-state index in [1.165, 1.54) is 30.5 Å². The summed E-state index contributed by atoms with van der Waals surface area (Å²) >= 11 is 0. The van der Waals surface area contributed by atoms with Crippen LogP contribution in [-0.2, 0) is 6.42 Å². The molecule has 0 aliphatic heterocycles.